The number of anilines is 1. The van der Waals surface area contributed by atoms with Gasteiger partial charge in [0.1, 0.15) is 11.6 Å². The van der Waals surface area contributed by atoms with E-state index in [0.717, 1.165) is 10.5 Å². The molecule has 0 fully saturated rings. The number of carbonyl (C=O) groups excluding carboxylic acids is 1. The van der Waals surface area contributed by atoms with Gasteiger partial charge in [0.2, 0.25) is 0 Å². The van der Waals surface area contributed by atoms with E-state index in [1.165, 1.54) is 0 Å². The molecule has 5 nitrogen and oxygen atoms in total. The second-order valence-electron chi connectivity index (χ2n) is 5.68. The van der Waals surface area contributed by atoms with Crippen molar-refractivity contribution in [3.05, 3.63) is 28.8 Å². The molecule has 2 rings (SSSR count). The third kappa shape index (κ3) is 2.88. The van der Waals surface area contributed by atoms with Gasteiger partial charge in [-0.25, -0.2) is 9.59 Å². The Labute approximate surface area is 122 Å². The lowest BCUT2D eigenvalue weighted by Gasteiger charge is -2.27. The summed E-state index contributed by atoms with van der Waals surface area (Å²) in [5, 5.41) is 9.74. The quantitative estimate of drug-likeness (QED) is 0.865. The van der Waals surface area contributed by atoms with Gasteiger partial charge >= 0.3 is 12.1 Å². The minimum atomic E-state index is -1.07. The third-order valence-electron chi connectivity index (χ3n) is 2.91. The molecule has 1 aromatic rings. The molecule has 0 saturated heterocycles. The van der Waals surface area contributed by atoms with E-state index in [1.807, 2.05) is 0 Å². The van der Waals surface area contributed by atoms with E-state index in [2.05, 4.69) is 0 Å². The first-order valence-electron chi connectivity index (χ1n) is 6.22. The van der Waals surface area contributed by atoms with E-state index in [0.29, 0.717) is 10.7 Å². The number of fused-ring (bicyclic) bond motifs is 1. The number of hydrogen-bond acceptors (Lipinski definition) is 3. The van der Waals surface area contributed by atoms with Crippen molar-refractivity contribution in [1.82, 2.24) is 0 Å². The Balaban J connectivity index is 2.39. The minimum Gasteiger partial charge on any atom is -0.480 e. The Bertz CT molecular complexity index is 565. The fraction of sp³-hybridized carbons (Fsp3) is 0.429. The zero-order valence-electron chi connectivity index (χ0n) is 11.5. The molecule has 1 N–H and O–H groups in total. The number of carboxylic acid groups (broad SMARTS) is 1. The molecule has 1 amide bonds. The molecule has 0 bridgehead atoms. The molecule has 1 heterocycles. The number of rotatable bonds is 1. The molecule has 0 radical (unpaired) electrons. The van der Waals surface area contributed by atoms with Gasteiger partial charge in [-0.2, -0.15) is 0 Å². The summed E-state index contributed by atoms with van der Waals surface area (Å²) in [6.45, 7) is 5.20. The molecule has 1 aromatic carbocycles. The number of aliphatic carboxylic acids is 1. The smallest absolute Gasteiger partial charge is 0.415 e. The number of carbonyl (C=O) groups is 2. The lowest BCUT2D eigenvalue weighted by molar-refractivity contribution is -0.138. The van der Waals surface area contributed by atoms with Gasteiger partial charge in [-0.3, -0.25) is 4.90 Å². The average molecular weight is 298 g/mol. The zero-order valence-corrected chi connectivity index (χ0v) is 12.3. The summed E-state index contributed by atoms with van der Waals surface area (Å²) >= 11 is 5.93. The Morgan fingerprint density at radius 2 is 2.05 bits per heavy atom. The maximum Gasteiger partial charge on any atom is 0.415 e. The van der Waals surface area contributed by atoms with Gasteiger partial charge in [0.15, 0.2) is 0 Å². The molecular weight excluding hydrogens is 282 g/mol. The molecule has 0 aliphatic carbocycles. The summed E-state index contributed by atoms with van der Waals surface area (Å²) in [6.07, 6.45) is -0.424. The maximum atomic E-state index is 12.2. The lowest BCUT2D eigenvalue weighted by Crippen LogP contribution is -2.45. The molecule has 108 valence electrons. The highest BCUT2D eigenvalue weighted by atomic mass is 35.5. The standard InChI is InChI=1S/C14H16ClNO4/c1-14(2,3)20-13(19)16-10-7-9(15)5-4-8(10)6-11(16)12(17)18/h4-5,7,11H,6H2,1-3H3,(H,17,18). The Hall–Kier alpha value is -1.75. The van der Waals surface area contributed by atoms with Crippen molar-refractivity contribution < 1.29 is 19.4 Å². The molecule has 0 saturated carbocycles. The molecule has 1 unspecified atom stereocenters. The second kappa shape index (κ2) is 4.98. The Morgan fingerprint density at radius 3 is 2.60 bits per heavy atom. The Kier molecular flexibility index (Phi) is 3.65. The predicted molar refractivity (Wildman–Crippen MR) is 75.3 cm³/mol. The van der Waals surface area contributed by atoms with Gasteiger partial charge in [0, 0.05) is 11.4 Å². The fourth-order valence-electron chi connectivity index (χ4n) is 2.14. The monoisotopic (exact) mass is 297 g/mol. The summed E-state index contributed by atoms with van der Waals surface area (Å²) in [6, 6.07) is 4.04. The largest absolute Gasteiger partial charge is 0.480 e. The molecule has 1 aliphatic heterocycles. The number of halogens is 1. The van der Waals surface area contributed by atoms with Gasteiger partial charge in [-0.15, -0.1) is 0 Å². The SMILES string of the molecule is CC(C)(C)OC(=O)N1c2cc(Cl)ccc2CC1C(=O)O. The van der Waals surface area contributed by atoms with E-state index >= 15 is 0 Å². The molecule has 20 heavy (non-hydrogen) atoms. The normalized spacial score (nSPS) is 17.8. The predicted octanol–water partition coefficient (Wildman–Crippen LogP) is 3.09. The van der Waals surface area contributed by atoms with Crippen LogP contribution >= 0.6 is 11.6 Å². The van der Waals surface area contributed by atoms with Crippen LogP contribution in [-0.2, 0) is 16.0 Å². The first kappa shape index (κ1) is 14.7. The number of amides is 1. The number of hydrogen-bond donors (Lipinski definition) is 1. The van der Waals surface area contributed by atoms with E-state index < -0.39 is 23.7 Å². The molecule has 6 heteroatoms. The zero-order chi connectivity index (χ0) is 15.1. The van der Waals surface area contributed by atoms with Crippen molar-refractivity contribution in [3.8, 4) is 0 Å². The van der Waals surface area contributed by atoms with Crippen LogP contribution < -0.4 is 4.90 Å². The first-order chi connectivity index (χ1) is 9.19. The van der Waals surface area contributed by atoms with Crippen LogP contribution in [0.4, 0.5) is 10.5 Å². The number of carboxylic acids is 1. The van der Waals surface area contributed by atoms with E-state index in [-0.39, 0.29) is 6.42 Å². The van der Waals surface area contributed by atoms with Crippen LogP contribution in [0.2, 0.25) is 5.02 Å². The van der Waals surface area contributed by atoms with Gasteiger partial charge in [-0.05, 0) is 38.5 Å². The van der Waals surface area contributed by atoms with Crippen molar-refractivity contribution in [2.24, 2.45) is 0 Å². The summed E-state index contributed by atoms with van der Waals surface area (Å²) in [4.78, 5) is 24.8. The van der Waals surface area contributed by atoms with Gasteiger partial charge in [-0.1, -0.05) is 17.7 Å². The molecule has 1 atom stereocenters. The molecule has 0 aromatic heterocycles. The molecule has 0 spiro atoms. The number of benzene rings is 1. The van der Waals surface area contributed by atoms with E-state index in [1.54, 1.807) is 39.0 Å². The van der Waals surface area contributed by atoms with Crippen LogP contribution in [0.5, 0.6) is 0 Å². The average Bonchev–Trinajstić information content (AvgIpc) is 2.65. The summed E-state index contributed by atoms with van der Waals surface area (Å²) in [5.41, 5.74) is 0.577. The fourth-order valence-corrected chi connectivity index (χ4v) is 2.30. The maximum absolute atomic E-state index is 12.2. The minimum absolute atomic E-state index is 0.251. The van der Waals surface area contributed by atoms with Gasteiger partial charge in [0.25, 0.3) is 0 Å². The van der Waals surface area contributed by atoms with Crippen LogP contribution in [-0.4, -0.2) is 28.8 Å². The van der Waals surface area contributed by atoms with Crippen LogP contribution in [0.15, 0.2) is 18.2 Å². The van der Waals surface area contributed by atoms with Gasteiger partial charge in [0.05, 0.1) is 5.69 Å². The lowest BCUT2D eigenvalue weighted by atomic mass is 10.1. The highest BCUT2D eigenvalue weighted by Crippen LogP contribution is 2.35. The van der Waals surface area contributed by atoms with Crippen LogP contribution in [0.1, 0.15) is 26.3 Å². The van der Waals surface area contributed by atoms with Crippen LogP contribution in [0.25, 0.3) is 0 Å². The summed E-state index contributed by atoms with van der Waals surface area (Å²) < 4.78 is 5.28. The van der Waals surface area contributed by atoms with Crippen molar-refractivity contribution >= 4 is 29.4 Å². The third-order valence-corrected chi connectivity index (χ3v) is 3.14. The second-order valence-corrected chi connectivity index (χ2v) is 6.12. The van der Waals surface area contributed by atoms with E-state index in [4.69, 9.17) is 16.3 Å². The summed E-state index contributed by atoms with van der Waals surface area (Å²) in [5.74, 6) is -1.07. The number of nitrogens with zero attached hydrogens (tertiary/aromatic N) is 1. The van der Waals surface area contributed by atoms with E-state index in [9.17, 15) is 14.7 Å². The van der Waals surface area contributed by atoms with Crippen LogP contribution in [0, 0.1) is 0 Å². The first-order valence-corrected chi connectivity index (χ1v) is 6.60. The highest BCUT2D eigenvalue weighted by Gasteiger charge is 2.40. The van der Waals surface area contributed by atoms with Crippen molar-refractivity contribution in [3.63, 3.8) is 0 Å². The van der Waals surface area contributed by atoms with Gasteiger partial charge < -0.3 is 9.84 Å². The van der Waals surface area contributed by atoms with Crippen molar-refractivity contribution in [1.29, 1.82) is 0 Å². The molecular formula is C14H16ClNO4. The Morgan fingerprint density at radius 1 is 1.40 bits per heavy atom. The topological polar surface area (TPSA) is 66.8 Å². The van der Waals surface area contributed by atoms with Crippen molar-refractivity contribution in [2.45, 2.75) is 38.8 Å². The van der Waals surface area contributed by atoms with Crippen molar-refractivity contribution in [2.75, 3.05) is 4.90 Å². The molecule has 1 aliphatic rings. The summed E-state index contributed by atoms with van der Waals surface area (Å²) in [7, 11) is 0. The highest BCUT2D eigenvalue weighted by molar-refractivity contribution is 6.31. The number of ether oxygens (including phenoxy) is 1. The van der Waals surface area contributed by atoms with Crippen LogP contribution in [0.3, 0.4) is 0 Å².